The van der Waals surface area contributed by atoms with E-state index in [0.717, 1.165) is 10.6 Å². The molecule has 0 bridgehead atoms. The molecule has 1 N–H and O–H groups in total. The Hall–Kier alpha value is -1.42. The molecule has 2 aromatic carbocycles. The molecular formula is C24H28Cl5N3O4S. The number of anilines is 1. The van der Waals surface area contributed by atoms with Gasteiger partial charge in [0.25, 0.3) is 0 Å². The van der Waals surface area contributed by atoms with Gasteiger partial charge in [0.1, 0.15) is 12.6 Å². The summed E-state index contributed by atoms with van der Waals surface area (Å²) in [4.78, 5) is 28.2. The zero-order valence-electron chi connectivity index (χ0n) is 20.7. The summed E-state index contributed by atoms with van der Waals surface area (Å²) in [6, 6.07) is 6.42. The van der Waals surface area contributed by atoms with Crippen LogP contribution in [0.5, 0.6) is 0 Å². The molecule has 2 aromatic rings. The average molecular weight is 632 g/mol. The topological polar surface area (TPSA) is 86.8 Å². The highest BCUT2D eigenvalue weighted by atomic mass is 35.5. The van der Waals surface area contributed by atoms with Crippen LogP contribution in [-0.2, 0) is 26.2 Å². The number of hydrogen-bond donors (Lipinski definition) is 1. The molecule has 0 heterocycles. The van der Waals surface area contributed by atoms with Crippen LogP contribution in [0.1, 0.15) is 39.2 Å². The van der Waals surface area contributed by atoms with Crippen LogP contribution >= 0.6 is 58.0 Å². The highest BCUT2D eigenvalue weighted by Gasteiger charge is 2.33. The number of amides is 2. The normalized spacial score (nSPS) is 13.1. The monoisotopic (exact) mass is 629 g/mol. The van der Waals surface area contributed by atoms with Crippen molar-refractivity contribution < 1.29 is 18.0 Å². The van der Waals surface area contributed by atoms with Gasteiger partial charge in [-0.3, -0.25) is 13.9 Å². The van der Waals surface area contributed by atoms with Crippen molar-refractivity contribution in [3.8, 4) is 0 Å². The SMILES string of the molecule is CCC(C)NC(=O)C(CC)N(Cc1ccc(Cl)c(Cl)c1)C(=O)CN(c1cc(Cl)c(Cl)cc1Cl)S(C)(=O)=O. The van der Waals surface area contributed by atoms with Crippen molar-refractivity contribution in [2.75, 3.05) is 17.1 Å². The summed E-state index contributed by atoms with van der Waals surface area (Å²) in [5, 5.41) is 3.70. The molecular weight excluding hydrogens is 604 g/mol. The minimum Gasteiger partial charge on any atom is -0.352 e. The first-order chi connectivity index (χ1) is 17.2. The van der Waals surface area contributed by atoms with Crippen LogP contribution in [-0.4, -0.2) is 50.0 Å². The first-order valence-corrected chi connectivity index (χ1v) is 15.1. The third-order valence-electron chi connectivity index (χ3n) is 5.66. The van der Waals surface area contributed by atoms with Gasteiger partial charge in [-0.15, -0.1) is 0 Å². The van der Waals surface area contributed by atoms with Gasteiger partial charge >= 0.3 is 0 Å². The molecule has 2 unspecified atom stereocenters. The predicted octanol–water partition coefficient (Wildman–Crippen LogP) is 6.44. The number of nitrogens with zero attached hydrogens (tertiary/aromatic N) is 2. The lowest BCUT2D eigenvalue weighted by Gasteiger charge is -2.33. The minimum absolute atomic E-state index is 0.00906. The third kappa shape index (κ3) is 8.53. The first-order valence-electron chi connectivity index (χ1n) is 11.4. The average Bonchev–Trinajstić information content (AvgIpc) is 2.81. The Balaban J connectivity index is 2.53. The third-order valence-corrected chi connectivity index (χ3v) is 8.55. The first kappa shape index (κ1) is 31.8. The molecule has 0 radical (unpaired) electrons. The number of halogens is 5. The summed E-state index contributed by atoms with van der Waals surface area (Å²) in [6.07, 6.45) is 1.91. The summed E-state index contributed by atoms with van der Waals surface area (Å²) in [5.74, 6) is -0.992. The van der Waals surface area contributed by atoms with Crippen LogP contribution < -0.4 is 9.62 Å². The van der Waals surface area contributed by atoms with Gasteiger partial charge in [-0.25, -0.2) is 8.42 Å². The zero-order valence-corrected chi connectivity index (χ0v) is 25.3. The molecule has 0 saturated carbocycles. The maximum absolute atomic E-state index is 13.7. The maximum Gasteiger partial charge on any atom is 0.244 e. The molecule has 0 aliphatic rings. The van der Waals surface area contributed by atoms with Crippen molar-refractivity contribution in [3.05, 3.63) is 61.0 Å². The molecule has 0 aliphatic carbocycles. The van der Waals surface area contributed by atoms with Crippen molar-refractivity contribution in [2.24, 2.45) is 0 Å². The highest BCUT2D eigenvalue weighted by molar-refractivity contribution is 7.92. The van der Waals surface area contributed by atoms with Crippen molar-refractivity contribution in [3.63, 3.8) is 0 Å². The van der Waals surface area contributed by atoms with Crippen LogP contribution in [0.3, 0.4) is 0 Å². The lowest BCUT2D eigenvalue weighted by atomic mass is 10.1. The molecule has 0 aliphatic heterocycles. The molecule has 0 spiro atoms. The van der Waals surface area contributed by atoms with Crippen molar-refractivity contribution in [2.45, 2.75) is 52.2 Å². The Labute approximate surface area is 243 Å². The van der Waals surface area contributed by atoms with Gasteiger partial charge in [0, 0.05) is 12.6 Å². The van der Waals surface area contributed by atoms with Gasteiger partial charge in [0.2, 0.25) is 21.8 Å². The molecule has 37 heavy (non-hydrogen) atoms. The van der Waals surface area contributed by atoms with Gasteiger partial charge in [-0.2, -0.15) is 0 Å². The van der Waals surface area contributed by atoms with Gasteiger partial charge < -0.3 is 10.2 Å². The number of benzene rings is 2. The Bertz CT molecular complexity index is 1260. The fourth-order valence-corrected chi connectivity index (χ4v) is 5.36. The highest BCUT2D eigenvalue weighted by Crippen LogP contribution is 2.35. The summed E-state index contributed by atoms with van der Waals surface area (Å²) in [6.45, 7) is 4.89. The predicted molar refractivity (Wildman–Crippen MR) is 153 cm³/mol. The number of nitrogens with one attached hydrogen (secondary N) is 1. The molecule has 2 atom stereocenters. The van der Waals surface area contributed by atoms with E-state index in [-0.39, 0.29) is 50.7 Å². The number of carbonyl (C=O) groups is 2. The fourth-order valence-electron chi connectivity index (χ4n) is 3.49. The van der Waals surface area contributed by atoms with E-state index in [1.807, 2.05) is 13.8 Å². The molecule has 0 aromatic heterocycles. The number of carbonyl (C=O) groups excluding carboxylic acids is 2. The second-order valence-corrected chi connectivity index (χ2v) is 12.4. The Morgan fingerprint density at radius 1 is 0.892 bits per heavy atom. The Morgan fingerprint density at radius 3 is 2.03 bits per heavy atom. The van der Waals surface area contributed by atoms with Gasteiger partial charge in [0.05, 0.1) is 37.1 Å². The summed E-state index contributed by atoms with van der Waals surface area (Å²) in [7, 11) is -4.00. The number of sulfonamides is 1. The summed E-state index contributed by atoms with van der Waals surface area (Å²) in [5.41, 5.74) is 0.592. The summed E-state index contributed by atoms with van der Waals surface area (Å²) < 4.78 is 26.3. The van der Waals surface area contributed by atoms with E-state index in [1.54, 1.807) is 25.1 Å². The Kier molecular flexibility index (Phi) is 11.7. The fraction of sp³-hybridized carbons (Fsp3) is 0.417. The van der Waals surface area contributed by atoms with Crippen LogP contribution in [0.4, 0.5) is 5.69 Å². The van der Waals surface area contributed by atoms with E-state index in [9.17, 15) is 18.0 Å². The minimum atomic E-state index is -4.00. The van der Waals surface area contributed by atoms with Crippen LogP contribution in [0.2, 0.25) is 25.1 Å². The second kappa shape index (κ2) is 13.6. The van der Waals surface area contributed by atoms with Crippen LogP contribution in [0, 0.1) is 0 Å². The van der Waals surface area contributed by atoms with Crippen LogP contribution in [0.15, 0.2) is 30.3 Å². The van der Waals surface area contributed by atoms with Gasteiger partial charge in [0.15, 0.2) is 0 Å². The molecule has 13 heteroatoms. The van der Waals surface area contributed by atoms with Gasteiger partial charge in [-0.1, -0.05) is 77.9 Å². The quantitative estimate of drug-likeness (QED) is 0.289. The van der Waals surface area contributed by atoms with Crippen molar-refractivity contribution in [1.82, 2.24) is 10.2 Å². The molecule has 204 valence electrons. The van der Waals surface area contributed by atoms with E-state index < -0.39 is 28.5 Å². The second-order valence-electron chi connectivity index (χ2n) is 8.50. The molecule has 7 nitrogen and oxygen atoms in total. The van der Waals surface area contributed by atoms with Crippen molar-refractivity contribution >= 4 is 85.5 Å². The lowest BCUT2D eigenvalue weighted by Crippen LogP contribution is -2.53. The summed E-state index contributed by atoms with van der Waals surface area (Å²) >= 11 is 30.6. The van der Waals surface area contributed by atoms with E-state index in [2.05, 4.69) is 5.32 Å². The van der Waals surface area contributed by atoms with Crippen molar-refractivity contribution in [1.29, 1.82) is 0 Å². The van der Waals surface area contributed by atoms with Gasteiger partial charge in [-0.05, 0) is 49.6 Å². The van der Waals surface area contributed by atoms with E-state index in [0.29, 0.717) is 17.0 Å². The molecule has 0 saturated heterocycles. The van der Waals surface area contributed by atoms with E-state index in [1.165, 1.54) is 17.0 Å². The Morgan fingerprint density at radius 2 is 1.49 bits per heavy atom. The molecule has 2 amide bonds. The van der Waals surface area contributed by atoms with E-state index in [4.69, 9.17) is 58.0 Å². The zero-order chi connectivity index (χ0) is 28.1. The lowest BCUT2D eigenvalue weighted by molar-refractivity contribution is -0.140. The van der Waals surface area contributed by atoms with Crippen LogP contribution in [0.25, 0.3) is 0 Å². The smallest absolute Gasteiger partial charge is 0.244 e. The van der Waals surface area contributed by atoms with E-state index >= 15 is 0 Å². The molecule has 2 rings (SSSR count). The maximum atomic E-state index is 13.7. The molecule has 0 fully saturated rings. The largest absolute Gasteiger partial charge is 0.352 e. The number of hydrogen-bond acceptors (Lipinski definition) is 4. The number of rotatable bonds is 11. The standard InChI is InChI=1S/C24H28Cl5N3O4S/c1-5-14(3)30-24(34)21(6-2)31(12-15-7-8-16(25)17(26)9-15)23(33)13-32(37(4,35)36)22-11-19(28)18(27)10-20(22)29/h7-11,14,21H,5-6,12-13H2,1-4H3,(H,30,34).